The molecule has 10 rings (SSSR count). The first kappa shape index (κ1) is 30.5. The third kappa shape index (κ3) is 4.11. The normalized spacial score (nSPS) is 57.5. The third-order valence-corrected chi connectivity index (χ3v) is 14.1. The van der Waals surface area contributed by atoms with E-state index in [0.717, 1.165) is 77.0 Å². The van der Waals surface area contributed by atoms with E-state index in [-0.39, 0.29) is 35.6 Å². The van der Waals surface area contributed by atoms with Gasteiger partial charge in [-0.2, -0.15) is 0 Å². The summed E-state index contributed by atoms with van der Waals surface area (Å²) < 4.78 is 27.0. The summed E-state index contributed by atoms with van der Waals surface area (Å²) in [6.07, 6.45) is 11.0. The monoisotopic (exact) mass is 618 g/mol. The lowest BCUT2D eigenvalue weighted by atomic mass is 9.52. The van der Waals surface area contributed by atoms with Gasteiger partial charge in [0.25, 0.3) is 0 Å². The Labute approximate surface area is 262 Å². The van der Waals surface area contributed by atoms with Crippen LogP contribution < -0.4 is 0 Å². The molecule has 15 atom stereocenters. The molecule has 10 aliphatic rings. The van der Waals surface area contributed by atoms with Crippen molar-refractivity contribution < 1.29 is 43.3 Å². The molecule has 10 fully saturated rings. The van der Waals surface area contributed by atoms with Gasteiger partial charge in [-0.1, -0.05) is 47.0 Å². The molecule has 0 unspecified atom stereocenters. The number of fused-ring (bicyclic) bond motifs is 4. The fourth-order valence-corrected chi connectivity index (χ4v) is 11.6. The quantitative estimate of drug-likeness (QED) is 0.178. The van der Waals surface area contributed by atoms with Gasteiger partial charge in [0.05, 0.1) is 11.5 Å². The molecule has 2 aliphatic carbocycles. The predicted octanol–water partition coefficient (Wildman–Crippen LogP) is 6.97. The van der Waals surface area contributed by atoms with Crippen LogP contribution in [0.15, 0.2) is 0 Å². The second kappa shape index (κ2) is 10.3. The minimum atomic E-state index is -0.898. The van der Waals surface area contributed by atoms with Crippen molar-refractivity contribution >= 4 is 5.97 Å². The van der Waals surface area contributed by atoms with E-state index in [4.69, 9.17) is 38.5 Å². The van der Waals surface area contributed by atoms with E-state index < -0.39 is 41.0 Å². The molecule has 0 radical (unpaired) electrons. The Morgan fingerprint density at radius 2 is 1.27 bits per heavy atom. The van der Waals surface area contributed by atoms with E-state index in [1.165, 1.54) is 0 Å². The number of ether oxygens (including phenoxy) is 4. The average molecular weight is 619 g/mol. The molecule has 0 aromatic rings. The Morgan fingerprint density at radius 3 is 1.91 bits per heavy atom. The second-order valence-electron chi connectivity index (χ2n) is 16.5. The molecule has 8 heterocycles. The Morgan fingerprint density at radius 1 is 0.682 bits per heavy atom. The first-order valence-corrected chi connectivity index (χ1v) is 18.0. The summed E-state index contributed by atoms with van der Waals surface area (Å²) in [4.78, 5) is 39.4. The van der Waals surface area contributed by atoms with E-state index >= 15 is 0 Å². The van der Waals surface area contributed by atoms with Gasteiger partial charge in [0.1, 0.15) is 0 Å². The molecular formula is C35H54O9. The molecule has 0 aromatic carbocycles. The Hall–Kier alpha value is -0.810. The number of carbonyl (C=O) groups is 1. The maximum atomic E-state index is 14.2. The van der Waals surface area contributed by atoms with E-state index in [1.807, 2.05) is 13.8 Å². The van der Waals surface area contributed by atoms with Gasteiger partial charge in [-0.05, 0) is 88.9 Å². The van der Waals surface area contributed by atoms with Gasteiger partial charge < -0.3 is 18.9 Å². The van der Waals surface area contributed by atoms with Crippen molar-refractivity contribution in [1.29, 1.82) is 0 Å². The van der Waals surface area contributed by atoms with Crippen LogP contribution in [0.5, 0.6) is 0 Å². The van der Waals surface area contributed by atoms with Crippen molar-refractivity contribution in [3.8, 4) is 0 Å². The van der Waals surface area contributed by atoms with Crippen molar-refractivity contribution in [3.05, 3.63) is 0 Å². The molecule has 8 aliphatic heterocycles. The highest BCUT2D eigenvalue weighted by atomic mass is 17.3. The molecule has 9 nitrogen and oxygen atoms in total. The maximum Gasteiger partial charge on any atom is 0.311 e. The number of hydrogen-bond acceptors (Lipinski definition) is 9. The smallest absolute Gasteiger partial charge is 0.311 e. The number of hydrogen-bond donors (Lipinski definition) is 0. The first-order chi connectivity index (χ1) is 21.0. The van der Waals surface area contributed by atoms with Crippen molar-refractivity contribution in [2.75, 3.05) is 0 Å². The van der Waals surface area contributed by atoms with Crippen LogP contribution >= 0.6 is 0 Å². The maximum absolute atomic E-state index is 14.2. The predicted molar refractivity (Wildman–Crippen MR) is 157 cm³/mol. The van der Waals surface area contributed by atoms with Crippen LogP contribution in [0, 0.1) is 47.3 Å². The number of rotatable bonds is 6. The van der Waals surface area contributed by atoms with Gasteiger partial charge in [-0.15, -0.1) is 0 Å². The van der Waals surface area contributed by atoms with Crippen molar-refractivity contribution in [2.45, 2.75) is 166 Å². The molecule has 2 spiro atoms. The van der Waals surface area contributed by atoms with Crippen LogP contribution in [-0.4, -0.2) is 46.9 Å². The highest BCUT2D eigenvalue weighted by Gasteiger charge is 2.74. The number of unbranched alkanes of at least 4 members (excludes halogenated alkanes) is 2. The van der Waals surface area contributed by atoms with Crippen LogP contribution in [0.1, 0.15) is 125 Å². The summed E-state index contributed by atoms with van der Waals surface area (Å²) in [5.41, 5.74) is -2.01. The minimum absolute atomic E-state index is 0.0740. The second-order valence-corrected chi connectivity index (χ2v) is 16.5. The Kier molecular flexibility index (Phi) is 7.17. The van der Waals surface area contributed by atoms with E-state index in [2.05, 4.69) is 27.7 Å². The lowest BCUT2D eigenvalue weighted by Crippen LogP contribution is -2.74. The van der Waals surface area contributed by atoms with Crippen LogP contribution in [0.25, 0.3) is 0 Å². The fraction of sp³-hybridized carbons (Fsp3) is 0.971. The zero-order valence-corrected chi connectivity index (χ0v) is 27.6. The van der Waals surface area contributed by atoms with E-state index in [0.29, 0.717) is 24.2 Å². The van der Waals surface area contributed by atoms with Crippen molar-refractivity contribution in [1.82, 2.24) is 0 Å². The molecule has 2 saturated carbocycles. The summed E-state index contributed by atoms with van der Waals surface area (Å²) in [7, 11) is 0. The first-order valence-electron chi connectivity index (χ1n) is 18.0. The van der Waals surface area contributed by atoms with Crippen molar-refractivity contribution in [3.63, 3.8) is 0 Å². The largest absolute Gasteiger partial charge is 0.432 e. The van der Waals surface area contributed by atoms with Crippen LogP contribution in [0.2, 0.25) is 0 Å². The molecule has 248 valence electrons. The highest BCUT2D eigenvalue weighted by molar-refractivity contribution is 5.74. The number of carbonyl (C=O) groups excluding carboxylic acids is 1. The van der Waals surface area contributed by atoms with Gasteiger partial charge in [-0.25, -0.2) is 19.6 Å². The Bertz CT molecular complexity index is 1150. The van der Waals surface area contributed by atoms with Crippen molar-refractivity contribution in [2.24, 2.45) is 47.3 Å². The highest BCUT2D eigenvalue weighted by Crippen LogP contribution is 2.66. The van der Waals surface area contributed by atoms with Gasteiger partial charge in [0.15, 0.2) is 17.5 Å². The molecule has 0 amide bonds. The van der Waals surface area contributed by atoms with Crippen LogP contribution in [0.3, 0.4) is 0 Å². The van der Waals surface area contributed by atoms with Gasteiger partial charge >= 0.3 is 5.97 Å². The number of esters is 1. The summed E-state index contributed by atoms with van der Waals surface area (Å²) in [6, 6.07) is 0. The molecule has 8 saturated heterocycles. The van der Waals surface area contributed by atoms with Gasteiger partial charge in [-0.3, -0.25) is 4.79 Å². The van der Waals surface area contributed by atoms with Crippen LogP contribution in [0.4, 0.5) is 0 Å². The minimum Gasteiger partial charge on any atom is -0.432 e. The van der Waals surface area contributed by atoms with E-state index in [1.54, 1.807) is 0 Å². The molecule has 4 bridgehead atoms. The molecule has 0 N–H and O–H groups in total. The Balaban J connectivity index is 1.19. The van der Waals surface area contributed by atoms with Gasteiger partial charge in [0.2, 0.25) is 17.9 Å². The fourth-order valence-electron chi connectivity index (χ4n) is 11.6. The zero-order valence-electron chi connectivity index (χ0n) is 27.6. The lowest BCUT2D eigenvalue weighted by molar-refractivity contribution is -0.578. The van der Waals surface area contributed by atoms with Crippen LogP contribution in [-0.2, 0) is 43.3 Å². The summed E-state index contributed by atoms with van der Waals surface area (Å²) in [6.45, 7) is 13.1. The zero-order chi connectivity index (χ0) is 30.7. The summed E-state index contributed by atoms with van der Waals surface area (Å²) in [5.74, 6) is -0.619. The SMILES string of the molecule is CCCCC[C@@]1(C[C@@H]2C(=O)O[C@H]3O[C@@]4(C)CC[C@H]5[C@H](C)CC[C@@H]2[C@@]35OO4)O[C@H]2O[C@@]3(C)CC[C@H]4[C@H](C)CC[C@@H]([C@H]1C)[C@@]24OO3. The summed E-state index contributed by atoms with van der Waals surface area (Å²) in [5, 5.41) is 0. The van der Waals surface area contributed by atoms with Gasteiger partial charge in [0, 0.05) is 30.6 Å². The average Bonchev–Trinajstić information content (AvgIpc) is 3.36. The molecule has 9 heteroatoms. The molecule has 44 heavy (non-hydrogen) atoms. The molecule has 0 aromatic heterocycles. The lowest BCUT2D eigenvalue weighted by Gasteiger charge is -2.65. The molecular weight excluding hydrogens is 564 g/mol. The standard InChI is InChI=1S/C35H54O9/c1-7-8-9-16-33(22(4)26-12-10-20(2)24-14-18-32(6)39-30(40-33)34(24,26)43-42-32)19-23-27-13-11-21(3)25-15-17-31(5)38-29(37-28(23)36)35(25,27)44-41-31/h20-27,29-30H,7-19H2,1-6H3/t20-,21-,22-,23+,24+,25+,26+,27+,29+,30-,31-,32-,33+,34-,35-/m1/s1. The summed E-state index contributed by atoms with van der Waals surface area (Å²) >= 11 is 0. The van der Waals surface area contributed by atoms with E-state index in [9.17, 15) is 4.79 Å². The topological polar surface area (TPSA) is 90.9 Å². The third-order valence-electron chi connectivity index (χ3n) is 14.1.